The summed E-state index contributed by atoms with van der Waals surface area (Å²) in [5, 5.41) is 0. The summed E-state index contributed by atoms with van der Waals surface area (Å²) in [7, 11) is -40.1. The average molecular weight is 1360 g/mol. The van der Waals surface area contributed by atoms with Crippen molar-refractivity contribution in [1.82, 2.24) is 0 Å². The molecule has 1 fully saturated rings. The fourth-order valence-electron chi connectivity index (χ4n) is 2.74. The standard InChI is InChI=1S/C6H18O24P6.6Sn/c7-31(8,9)25-1-2(26-32(10,11)12)4(28-34(16,17)18)6(30-36(22,23)24)5(29-35(19,20)21)3(1)27-33(13,14)15;;;;;;/h1-6H,(H2,7,8,9)(H2,10,11,12)(H2,13,14,15)(H2,16,17,18)(H2,19,20,21)(H2,22,23,24);;;;;;/q;6*+2/p-12. The fraction of sp³-hybridized carbons (Fsp3) is 1.00. The Morgan fingerprint density at radius 2 is 0.333 bits per heavy atom. The van der Waals surface area contributed by atoms with E-state index in [0.717, 1.165) is 0 Å². The first-order chi connectivity index (χ1) is 15.6. The molecule has 0 aliphatic heterocycles. The third-order valence-corrected chi connectivity index (χ3v) is 6.46. The Morgan fingerprint density at radius 1 is 0.262 bits per heavy atom. The second kappa shape index (κ2) is 22.4. The minimum Gasteiger partial charge on any atom is -0.790 e. The van der Waals surface area contributed by atoms with Gasteiger partial charge in [-0.25, -0.2) is 0 Å². The van der Waals surface area contributed by atoms with Gasteiger partial charge in [0.2, 0.25) is 0 Å². The third kappa shape index (κ3) is 25.4. The maximum Gasteiger partial charge on any atom is 2.00 e. The van der Waals surface area contributed by atoms with E-state index in [9.17, 15) is 86.1 Å². The maximum atomic E-state index is 11.1. The Balaban J connectivity index is -0.000000540. The zero-order valence-corrected chi connectivity index (χ0v) is 41.4. The Hall–Kier alpha value is 5.45. The molecule has 1 rings (SSSR count). The molecule has 12 radical (unpaired) electrons. The van der Waals surface area contributed by atoms with E-state index in [1.54, 1.807) is 0 Å². The Kier molecular flexibility index (Phi) is 31.8. The van der Waals surface area contributed by atoms with Crippen LogP contribution in [-0.2, 0) is 54.5 Å². The minimum absolute atomic E-state index is 0. The monoisotopic (exact) mass is 1370 g/mol. The van der Waals surface area contributed by atoms with E-state index in [1.807, 2.05) is 0 Å². The van der Waals surface area contributed by atoms with Crippen LogP contribution in [0.15, 0.2) is 0 Å². The van der Waals surface area contributed by atoms with Crippen LogP contribution in [-0.4, -0.2) is 180 Å². The predicted octanol–water partition coefficient (Wildman–Crippen LogP) is -13.0. The topological polar surface area (TPSA) is 435 Å². The molecular weight excluding hydrogens is 1350 g/mol. The van der Waals surface area contributed by atoms with E-state index >= 15 is 0 Å². The molecule has 0 saturated heterocycles. The van der Waals surface area contributed by atoms with Crippen LogP contribution in [0.5, 0.6) is 0 Å². The fourth-order valence-corrected chi connectivity index (χ4v) is 5.96. The Bertz CT molecular complexity index is 843. The molecule has 1 saturated carbocycles. The molecular formula is C6H6O24P6Sn6. The smallest absolute Gasteiger partial charge is 0.790 e. The van der Waals surface area contributed by atoms with Crippen LogP contribution in [0.25, 0.3) is 0 Å². The average Bonchev–Trinajstić information content (AvgIpc) is 2.51. The first-order valence-electron chi connectivity index (χ1n) is 7.80. The normalized spacial score (nSPS) is 25.1. The van der Waals surface area contributed by atoms with Gasteiger partial charge in [0.1, 0.15) is 36.6 Å². The number of phosphoric ester groups is 6. The van der Waals surface area contributed by atoms with Gasteiger partial charge in [-0.15, -0.1) is 0 Å². The predicted molar refractivity (Wildman–Crippen MR) is 109 cm³/mol. The van der Waals surface area contributed by atoms with Crippen molar-refractivity contribution in [2.24, 2.45) is 0 Å². The van der Waals surface area contributed by atoms with Crippen LogP contribution in [0.3, 0.4) is 0 Å². The molecule has 0 heterocycles. The second-order valence-electron chi connectivity index (χ2n) is 6.10. The Labute approximate surface area is 336 Å². The van der Waals surface area contributed by atoms with Crippen LogP contribution in [0.1, 0.15) is 0 Å². The number of phosphoric acid groups is 6. The number of rotatable bonds is 12. The quantitative estimate of drug-likeness (QED) is 0.129. The summed E-state index contributed by atoms with van der Waals surface area (Å²) in [4.78, 5) is 133. The minimum atomic E-state index is -6.68. The zero-order chi connectivity index (χ0) is 28.7. The van der Waals surface area contributed by atoms with Crippen LogP contribution >= 0.6 is 46.9 Å². The molecule has 0 bridgehead atoms. The van der Waals surface area contributed by atoms with Crippen molar-refractivity contribution >= 4 is 190 Å². The third-order valence-electron chi connectivity index (χ3n) is 3.45. The van der Waals surface area contributed by atoms with Gasteiger partial charge in [-0.2, -0.15) is 0 Å². The van der Waals surface area contributed by atoms with Gasteiger partial charge >= 0.3 is 143 Å². The molecule has 42 heavy (non-hydrogen) atoms. The van der Waals surface area contributed by atoms with Crippen LogP contribution in [0.2, 0.25) is 0 Å². The number of hydrogen-bond donors (Lipinski definition) is 0. The van der Waals surface area contributed by atoms with Gasteiger partial charge in [-0.05, 0) is 0 Å². The van der Waals surface area contributed by atoms with Crippen molar-refractivity contribution in [3.8, 4) is 0 Å². The molecule has 36 heteroatoms. The largest absolute Gasteiger partial charge is 2.00 e. The summed E-state index contributed by atoms with van der Waals surface area (Å²) in [6.45, 7) is 0. The molecule has 0 spiro atoms. The summed E-state index contributed by atoms with van der Waals surface area (Å²) in [6, 6.07) is 0. The van der Waals surface area contributed by atoms with E-state index in [0.29, 0.717) is 0 Å². The molecule has 0 aromatic heterocycles. The Morgan fingerprint density at radius 3 is 0.381 bits per heavy atom. The summed E-state index contributed by atoms with van der Waals surface area (Å²) in [6.07, 6.45) is -21.5. The van der Waals surface area contributed by atoms with Gasteiger partial charge in [0.05, 0.1) is 46.9 Å². The van der Waals surface area contributed by atoms with E-state index in [4.69, 9.17) is 0 Å². The van der Waals surface area contributed by atoms with E-state index in [-0.39, 0.29) is 143 Å². The van der Waals surface area contributed by atoms with Crippen molar-refractivity contribution in [3.63, 3.8) is 0 Å². The van der Waals surface area contributed by atoms with Crippen molar-refractivity contribution in [2.75, 3.05) is 0 Å². The number of hydrogen-bond acceptors (Lipinski definition) is 24. The zero-order valence-electron chi connectivity index (χ0n) is 18.9. The van der Waals surface area contributed by atoms with Gasteiger partial charge in [0.25, 0.3) is 0 Å². The molecule has 1 aliphatic rings. The van der Waals surface area contributed by atoms with Gasteiger partial charge in [-0.3, -0.25) is 0 Å². The second-order valence-corrected chi connectivity index (χ2v) is 12.7. The van der Waals surface area contributed by atoms with Gasteiger partial charge in [-0.1, -0.05) is 0 Å². The van der Waals surface area contributed by atoms with E-state index in [1.165, 1.54) is 0 Å². The summed E-state index contributed by atoms with van der Waals surface area (Å²) in [5.74, 6) is 0. The summed E-state index contributed by atoms with van der Waals surface area (Å²) < 4.78 is 88.3. The summed E-state index contributed by atoms with van der Waals surface area (Å²) in [5.41, 5.74) is 0. The van der Waals surface area contributed by atoms with Gasteiger partial charge in [0, 0.05) is 0 Å². The molecule has 24 nitrogen and oxygen atoms in total. The SMILES string of the molecule is O=P([O-])([O-])OC1C(OP(=O)([O-])[O-])C(OP(=O)([O-])[O-])C(OP(=O)([O-])[O-])C(OP(=O)([O-])[O-])C1OP(=O)([O-])[O-].[Sn+2].[Sn+2].[Sn+2].[Sn+2].[Sn+2].[Sn+2]. The molecule has 0 aromatic rings. The molecule has 228 valence electrons. The van der Waals surface area contributed by atoms with E-state index < -0.39 is 83.6 Å². The molecule has 1 aliphatic carbocycles. The summed E-state index contributed by atoms with van der Waals surface area (Å²) >= 11 is 0. The van der Waals surface area contributed by atoms with Crippen molar-refractivity contribution < 1.29 is 113 Å². The molecule has 0 N–H and O–H groups in total. The first kappa shape index (κ1) is 59.6. The van der Waals surface area contributed by atoms with Crippen LogP contribution < -0.4 is 58.7 Å². The van der Waals surface area contributed by atoms with Gasteiger partial charge in [0.15, 0.2) is 0 Å². The molecule has 0 unspecified atom stereocenters. The van der Waals surface area contributed by atoms with Gasteiger partial charge < -0.3 is 113 Å². The molecule has 0 amide bonds. The molecule has 0 aromatic carbocycles. The first-order valence-corrected chi connectivity index (χ1v) is 16.6. The van der Waals surface area contributed by atoms with Crippen molar-refractivity contribution in [3.05, 3.63) is 0 Å². The van der Waals surface area contributed by atoms with Crippen LogP contribution in [0, 0.1) is 0 Å². The maximum absolute atomic E-state index is 11.1. The molecule has 0 atom stereocenters. The van der Waals surface area contributed by atoms with Crippen molar-refractivity contribution in [1.29, 1.82) is 0 Å². The van der Waals surface area contributed by atoms with Crippen LogP contribution in [0.4, 0.5) is 0 Å². The van der Waals surface area contributed by atoms with Crippen molar-refractivity contribution in [2.45, 2.75) is 36.6 Å². The van der Waals surface area contributed by atoms with E-state index in [2.05, 4.69) is 27.1 Å².